The molecule has 1 saturated heterocycles. The molecule has 2 fully saturated rings. The zero-order valence-electron chi connectivity index (χ0n) is 11.5. The third-order valence-corrected chi connectivity index (χ3v) is 5.34. The molecule has 4 heteroatoms. The third-order valence-electron chi connectivity index (χ3n) is 3.87. The van der Waals surface area contributed by atoms with Gasteiger partial charge in [-0.1, -0.05) is 0 Å². The van der Waals surface area contributed by atoms with Gasteiger partial charge in [-0.2, -0.15) is 11.8 Å². The van der Waals surface area contributed by atoms with E-state index in [-0.39, 0.29) is 12.1 Å². The summed E-state index contributed by atoms with van der Waals surface area (Å²) in [5.74, 6) is 1.21. The Morgan fingerprint density at radius 3 is 2.61 bits per heavy atom. The van der Waals surface area contributed by atoms with Gasteiger partial charge in [0, 0.05) is 30.0 Å². The number of aliphatic hydroxyl groups is 1. The molecule has 0 aromatic rings. The smallest absolute Gasteiger partial charge is 0.0610 e. The van der Waals surface area contributed by atoms with E-state index in [4.69, 9.17) is 4.74 Å². The summed E-state index contributed by atoms with van der Waals surface area (Å²) in [6, 6.07) is 0.672. The van der Waals surface area contributed by atoms with Gasteiger partial charge < -0.3 is 15.2 Å². The summed E-state index contributed by atoms with van der Waals surface area (Å²) < 4.78 is 5.37. The fourth-order valence-corrected chi connectivity index (χ4v) is 3.64. The van der Waals surface area contributed by atoms with Crippen LogP contribution in [0, 0.1) is 0 Å². The molecule has 1 aliphatic carbocycles. The van der Waals surface area contributed by atoms with Gasteiger partial charge in [-0.15, -0.1) is 0 Å². The van der Waals surface area contributed by atoms with Gasteiger partial charge in [0.25, 0.3) is 0 Å². The molecule has 0 aromatic heterocycles. The number of nitrogens with one attached hydrogen (secondary N) is 1. The SMILES string of the molecule is CC(CO)(CCCSC1CCOCC1)NC1CC1. The Kier molecular flexibility index (Phi) is 5.80. The van der Waals surface area contributed by atoms with E-state index < -0.39 is 0 Å². The van der Waals surface area contributed by atoms with Crippen LogP contribution in [0.2, 0.25) is 0 Å². The van der Waals surface area contributed by atoms with Crippen molar-refractivity contribution in [3.05, 3.63) is 0 Å². The number of hydrogen-bond acceptors (Lipinski definition) is 4. The molecule has 1 atom stereocenters. The van der Waals surface area contributed by atoms with E-state index >= 15 is 0 Å². The van der Waals surface area contributed by atoms with Gasteiger partial charge in [0.15, 0.2) is 0 Å². The van der Waals surface area contributed by atoms with Crippen LogP contribution >= 0.6 is 11.8 Å². The van der Waals surface area contributed by atoms with E-state index in [1.54, 1.807) is 0 Å². The normalized spacial score (nSPS) is 25.0. The first-order valence-electron chi connectivity index (χ1n) is 7.30. The maximum absolute atomic E-state index is 9.52. The van der Waals surface area contributed by atoms with Crippen LogP contribution in [0.15, 0.2) is 0 Å². The maximum Gasteiger partial charge on any atom is 0.0610 e. The quantitative estimate of drug-likeness (QED) is 0.665. The zero-order valence-corrected chi connectivity index (χ0v) is 12.3. The van der Waals surface area contributed by atoms with Crippen LogP contribution in [-0.2, 0) is 4.74 Å². The average molecular weight is 273 g/mol. The van der Waals surface area contributed by atoms with Crippen LogP contribution in [0.25, 0.3) is 0 Å². The highest BCUT2D eigenvalue weighted by Gasteiger charge is 2.31. The number of hydrogen-bond donors (Lipinski definition) is 2. The number of aliphatic hydroxyl groups excluding tert-OH is 1. The predicted molar refractivity (Wildman–Crippen MR) is 77.2 cm³/mol. The Balaban J connectivity index is 1.57. The van der Waals surface area contributed by atoms with Gasteiger partial charge in [0.2, 0.25) is 0 Å². The minimum absolute atomic E-state index is 0.0581. The summed E-state index contributed by atoms with van der Waals surface area (Å²) in [6.07, 6.45) is 7.26. The lowest BCUT2D eigenvalue weighted by Gasteiger charge is -2.29. The molecule has 0 amide bonds. The Labute approximate surface area is 115 Å². The second-order valence-electron chi connectivity index (χ2n) is 5.92. The molecule has 3 nitrogen and oxygen atoms in total. The topological polar surface area (TPSA) is 41.5 Å². The molecule has 18 heavy (non-hydrogen) atoms. The Hall–Kier alpha value is 0.230. The highest BCUT2D eigenvalue weighted by Crippen LogP contribution is 2.27. The van der Waals surface area contributed by atoms with Gasteiger partial charge in [-0.25, -0.2) is 0 Å². The molecular formula is C14H27NO2S. The van der Waals surface area contributed by atoms with E-state index in [2.05, 4.69) is 24.0 Å². The van der Waals surface area contributed by atoms with Crippen LogP contribution in [0.5, 0.6) is 0 Å². The first-order chi connectivity index (χ1) is 8.72. The lowest BCUT2D eigenvalue weighted by Crippen LogP contribution is -2.47. The van der Waals surface area contributed by atoms with Crippen molar-refractivity contribution >= 4 is 11.8 Å². The van der Waals surface area contributed by atoms with Gasteiger partial charge in [0.05, 0.1) is 6.61 Å². The first kappa shape index (κ1) is 14.6. The summed E-state index contributed by atoms with van der Waals surface area (Å²) in [5, 5.41) is 13.9. The average Bonchev–Trinajstić information content (AvgIpc) is 3.20. The van der Waals surface area contributed by atoms with Crippen LogP contribution in [0.4, 0.5) is 0 Å². The summed E-state index contributed by atoms with van der Waals surface area (Å²) in [7, 11) is 0. The highest BCUT2D eigenvalue weighted by atomic mass is 32.2. The van der Waals surface area contributed by atoms with Crippen molar-refractivity contribution in [2.24, 2.45) is 0 Å². The summed E-state index contributed by atoms with van der Waals surface area (Å²) in [4.78, 5) is 0. The molecule has 0 bridgehead atoms. The molecule has 1 heterocycles. The second-order valence-corrected chi connectivity index (χ2v) is 7.33. The van der Waals surface area contributed by atoms with Gasteiger partial charge in [0.1, 0.15) is 0 Å². The predicted octanol–water partition coefficient (Wildman–Crippen LogP) is 2.18. The second kappa shape index (κ2) is 7.13. The fourth-order valence-electron chi connectivity index (χ4n) is 2.47. The van der Waals surface area contributed by atoms with Gasteiger partial charge in [-0.05, 0) is 51.2 Å². The number of ether oxygens (including phenoxy) is 1. The van der Waals surface area contributed by atoms with Crippen LogP contribution in [0.3, 0.4) is 0 Å². The molecule has 1 aliphatic heterocycles. The monoisotopic (exact) mass is 273 g/mol. The fraction of sp³-hybridized carbons (Fsp3) is 1.00. The molecule has 106 valence electrons. The van der Waals surface area contributed by atoms with Crippen LogP contribution in [-0.4, -0.2) is 47.5 Å². The Morgan fingerprint density at radius 2 is 2.00 bits per heavy atom. The van der Waals surface area contributed by atoms with Crippen LogP contribution < -0.4 is 5.32 Å². The molecule has 0 radical (unpaired) electrons. The van der Waals surface area contributed by atoms with Crippen molar-refractivity contribution in [2.75, 3.05) is 25.6 Å². The molecule has 2 aliphatic rings. The lowest BCUT2D eigenvalue weighted by atomic mass is 9.97. The zero-order chi connectivity index (χ0) is 12.8. The molecular weight excluding hydrogens is 246 g/mol. The number of rotatable bonds is 8. The highest BCUT2D eigenvalue weighted by molar-refractivity contribution is 7.99. The van der Waals surface area contributed by atoms with Crippen molar-refractivity contribution < 1.29 is 9.84 Å². The summed E-state index contributed by atoms with van der Waals surface area (Å²) >= 11 is 2.09. The Bertz CT molecular complexity index is 242. The maximum atomic E-state index is 9.52. The molecule has 0 spiro atoms. The number of thioether (sulfide) groups is 1. The van der Waals surface area contributed by atoms with Crippen molar-refractivity contribution in [1.29, 1.82) is 0 Å². The molecule has 1 saturated carbocycles. The molecule has 1 unspecified atom stereocenters. The minimum Gasteiger partial charge on any atom is -0.394 e. The van der Waals surface area contributed by atoms with Crippen molar-refractivity contribution in [1.82, 2.24) is 5.32 Å². The van der Waals surface area contributed by atoms with E-state index in [1.165, 1.54) is 37.9 Å². The van der Waals surface area contributed by atoms with E-state index in [1.807, 2.05) is 0 Å². The van der Waals surface area contributed by atoms with E-state index in [0.29, 0.717) is 6.04 Å². The molecule has 0 aromatic carbocycles. The summed E-state index contributed by atoms with van der Waals surface area (Å²) in [5.41, 5.74) is -0.0581. The summed E-state index contributed by atoms with van der Waals surface area (Å²) in [6.45, 7) is 4.29. The minimum atomic E-state index is -0.0581. The largest absolute Gasteiger partial charge is 0.394 e. The van der Waals surface area contributed by atoms with Gasteiger partial charge >= 0.3 is 0 Å². The Morgan fingerprint density at radius 1 is 1.28 bits per heavy atom. The van der Waals surface area contributed by atoms with Gasteiger partial charge in [-0.3, -0.25) is 0 Å². The first-order valence-corrected chi connectivity index (χ1v) is 8.35. The molecule has 2 rings (SSSR count). The van der Waals surface area contributed by atoms with Crippen LogP contribution in [0.1, 0.15) is 45.4 Å². The molecule has 2 N–H and O–H groups in total. The van der Waals surface area contributed by atoms with Crippen molar-refractivity contribution in [3.63, 3.8) is 0 Å². The van der Waals surface area contributed by atoms with Crippen molar-refractivity contribution in [2.45, 2.75) is 62.3 Å². The van der Waals surface area contributed by atoms with E-state index in [0.717, 1.165) is 24.9 Å². The lowest BCUT2D eigenvalue weighted by molar-refractivity contribution is 0.1000. The third kappa shape index (κ3) is 5.08. The standard InChI is InChI=1S/C14H27NO2S/c1-14(11-16,15-12-3-4-12)7-2-10-18-13-5-8-17-9-6-13/h12-13,15-16H,2-11H2,1H3. The van der Waals surface area contributed by atoms with E-state index in [9.17, 15) is 5.11 Å². The van der Waals surface area contributed by atoms with Crippen molar-refractivity contribution in [3.8, 4) is 0 Å².